The summed E-state index contributed by atoms with van der Waals surface area (Å²) in [6.07, 6.45) is 6.55. The summed E-state index contributed by atoms with van der Waals surface area (Å²) in [5.74, 6) is 0.879. The minimum Gasteiger partial charge on any atom is -0.493 e. The molecule has 0 spiro atoms. The number of nitrogens with two attached hydrogens (primary N) is 1. The lowest BCUT2D eigenvalue weighted by Crippen LogP contribution is -2.34. The number of benzene rings is 1. The largest absolute Gasteiger partial charge is 0.493 e. The van der Waals surface area contributed by atoms with Gasteiger partial charge in [-0.1, -0.05) is 18.9 Å². The van der Waals surface area contributed by atoms with Gasteiger partial charge in [-0.2, -0.15) is 0 Å². The van der Waals surface area contributed by atoms with Gasteiger partial charge in [0.2, 0.25) is 0 Å². The summed E-state index contributed by atoms with van der Waals surface area (Å²) in [7, 11) is 0. The van der Waals surface area contributed by atoms with Gasteiger partial charge >= 0.3 is 0 Å². The average Bonchev–Trinajstić information content (AvgIpc) is 2.60. The summed E-state index contributed by atoms with van der Waals surface area (Å²) in [5, 5.41) is 0. The molecule has 19 heavy (non-hydrogen) atoms. The van der Waals surface area contributed by atoms with E-state index in [1.165, 1.54) is 32.2 Å². The van der Waals surface area contributed by atoms with E-state index in [-0.39, 0.29) is 0 Å². The van der Waals surface area contributed by atoms with E-state index in [0.717, 1.165) is 37.1 Å². The summed E-state index contributed by atoms with van der Waals surface area (Å²) in [6.45, 7) is 5.51. The Morgan fingerprint density at radius 1 is 1.32 bits per heavy atom. The number of ether oxygens (including phenoxy) is 1. The third-order valence-corrected chi connectivity index (χ3v) is 3.91. The zero-order valence-electron chi connectivity index (χ0n) is 12.0. The number of nitrogens with zero attached hydrogens (tertiary/aromatic N) is 1. The SMILES string of the molecule is CC1CCCCCN1CCCOc1cccc(N)c1. The molecule has 1 aromatic carbocycles. The molecule has 0 aromatic heterocycles. The molecule has 1 aliphatic heterocycles. The first-order valence-electron chi connectivity index (χ1n) is 7.48. The Morgan fingerprint density at radius 3 is 3.05 bits per heavy atom. The lowest BCUT2D eigenvalue weighted by molar-refractivity contribution is 0.192. The summed E-state index contributed by atoms with van der Waals surface area (Å²) < 4.78 is 5.74. The first-order valence-corrected chi connectivity index (χ1v) is 7.48. The molecule has 1 heterocycles. The fourth-order valence-electron chi connectivity index (χ4n) is 2.73. The minimum atomic E-state index is 0.731. The van der Waals surface area contributed by atoms with Gasteiger partial charge in [0, 0.05) is 24.3 Å². The molecular weight excluding hydrogens is 236 g/mol. The van der Waals surface area contributed by atoms with Crippen LogP contribution in [0.25, 0.3) is 0 Å². The van der Waals surface area contributed by atoms with Gasteiger partial charge in [-0.05, 0) is 44.9 Å². The van der Waals surface area contributed by atoms with E-state index >= 15 is 0 Å². The molecule has 3 nitrogen and oxygen atoms in total. The van der Waals surface area contributed by atoms with Crippen LogP contribution in [0.5, 0.6) is 5.75 Å². The van der Waals surface area contributed by atoms with Gasteiger partial charge in [-0.3, -0.25) is 0 Å². The summed E-state index contributed by atoms with van der Waals surface area (Å²) >= 11 is 0. The quantitative estimate of drug-likeness (QED) is 0.653. The first-order chi connectivity index (χ1) is 9.25. The summed E-state index contributed by atoms with van der Waals surface area (Å²) in [4.78, 5) is 2.61. The second kappa shape index (κ2) is 7.39. The lowest BCUT2D eigenvalue weighted by Gasteiger charge is -2.26. The first kappa shape index (κ1) is 14.2. The minimum absolute atomic E-state index is 0.731. The molecule has 0 saturated carbocycles. The van der Waals surface area contributed by atoms with Crippen molar-refractivity contribution in [2.75, 3.05) is 25.4 Å². The number of hydrogen-bond donors (Lipinski definition) is 1. The summed E-state index contributed by atoms with van der Waals surface area (Å²) in [6, 6.07) is 8.39. The molecule has 1 fully saturated rings. The second-order valence-electron chi connectivity index (χ2n) is 5.51. The van der Waals surface area contributed by atoms with Crippen LogP contribution in [-0.4, -0.2) is 30.6 Å². The zero-order chi connectivity index (χ0) is 13.5. The molecule has 2 rings (SSSR count). The van der Waals surface area contributed by atoms with Gasteiger partial charge in [0.1, 0.15) is 5.75 Å². The highest BCUT2D eigenvalue weighted by molar-refractivity contribution is 5.43. The Balaban J connectivity index is 1.68. The second-order valence-corrected chi connectivity index (χ2v) is 5.51. The molecular formula is C16H26N2O. The zero-order valence-corrected chi connectivity index (χ0v) is 12.0. The van der Waals surface area contributed by atoms with Crippen molar-refractivity contribution in [3.63, 3.8) is 0 Å². The molecule has 1 aliphatic rings. The van der Waals surface area contributed by atoms with E-state index in [1.54, 1.807) is 0 Å². The molecule has 1 aromatic rings. The highest BCUT2D eigenvalue weighted by atomic mass is 16.5. The maximum atomic E-state index is 5.74. The van der Waals surface area contributed by atoms with Gasteiger partial charge in [0.15, 0.2) is 0 Å². The number of hydrogen-bond acceptors (Lipinski definition) is 3. The maximum Gasteiger partial charge on any atom is 0.121 e. The van der Waals surface area contributed by atoms with Crippen molar-refractivity contribution in [2.24, 2.45) is 0 Å². The van der Waals surface area contributed by atoms with Crippen molar-refractivity contribution in [3.05, 3.63) is 24.3 Å². The van der Waals surface area contributed by atoms with E-state index in [0.29, 0.717) is 0 Å². The van der Waals surface area contributed by atoms with Crippen LogP contribution in [0.1, 0.15) is 39.0 Å². The molecule has 1 saturated heterocycles. The van der Waals surface area contributed by atoms with E-state index in [9.17, 15) is 0 Å². The lowest BCUT2D eigenvalue weighted by atomic mass is 10.1. The summed E-state index contributed by atoms with van der Waals surface area (Å²) in [5.41, 5.74) is 6.49. The van der Waals surface area contributed by atoms with E-state index < -0.39 is 0 Å². The fourth-order valence-corrected chi connectivity index (χ4v) is 2.73. The highest BCUT2D eigenvalue weighted by Crippen LogP contribution is 2.17. The number of nitrogen functional groups attached to an aromatic ring is 1. The van der Waals surface area contributed by atoms with Crippen LogP contribution in [-0.2, 0) is 0 Å². The Bertz CT molecular complexity index is 381. The van der Waals surface area contributed by atoms with E-state index in [1.807, 2.05) is 24.3 Å². The standard InChI is InChI=1S/C16H26N2O/c1-14-7-3-2-4-10-18(14)11-6-12-19-16-9-5-8-15(17)13-16/h5,8-9,13-14H,2-4,6-7,10-12,17H2,1H3. The van der Waals surface area contributed by atoms with Gasteiger partial charge in [0.25, 0.3) is 0 Å². The average molecular weight is 262 g/mol. The predicted molar refractivity (Wildman–Crippen MR) is 80.5 cm³/mol. The van der Waals surface area contributed by atoms with Gasteiger partial charge in [-0.15, -0.1) is 0 Å². The van der Waals surface area contributed by atoms with Crippen LogP contribution >= 0.6 is 0 Å². The van der Waals surface area contributed by atoms with Crippen LogP contribution in [0.2, 0.25) is 0 Å². The molecule has 1 atom stereocenters. The Kier molecular flexibility index (Phi) is 5.52. The monoisotopic (exact) mass is 262 g/mol. The van der Waals surface area contributed by atoms with E-state index in [2.05, 4.69) is 11.8 Å². The van der Waals surface area contributed by atoms with Crippen molar-refractivity contribution >= 4 is 5.69 Å². The number of rotatable bonds is 5. The van der Waals surface area contributed by atoms with Crippen molar-refractivity contribution in [2.45, 2.75) is 45.1 Å². The third-order valence-electron chi connectivity index (χ3n) is 3.91. The molecule has 0 bridgehead atoms. The molecule has 0 amide bonds. The normalized spacial score (nSPS) is 21.0. The Hall–Kier alpha value is -1.22. The van der Waals surface area contributed by atoms with Crippen LogP contribution < -0.4 is 10.5 Å². The number of anilines is 1. The van der Waals surface area contributed by atoms with Crippen molar-refractivity contribution in [1.82, 2.24) is 4.90 Å². The van der Waals surface area contributed by atoms with Crippen molar-refractivity contribution in [1.29, 1.82) is 0 Å². The van der Waals surface area contributed by atoms with Crippen LogP contribution in [0.4, 0.5) is 5.69 Å². The maximum absolute atomic E-state index is 5.74. The fraction of sp³-hybridized carbons (Fsp3) is 0.625. The van der Waals surface area contributed by atoms with Gasteiger partial charge < -0.3 is 15.4 Å². The predicted octanol–water partition coefficient (Wildman–Crippen LogP) is 3.30. The van der Waals surface area contributed by atoms with Crippen LogP contribution in [0.3, 0.4) is 0 Å². The Morgan fingerprint density at radius 2 is 2.21 bits per heavy atom. The molecule has 2 N–H and O–H groups in total. The molecule has 0 radical (unpaired) electrons. The van der Waals surface area contributed by atoms with Gasteiger partial charge in [0.05, 0.1) is 6.61 Å². The molecule has 0 aliphatic carbocycles. The number of likely N-dealkylation sites (tertiary alicyclic amines) is 1. The van der Waals surface area contributed by atoms with Crippen LogP contribution in [0, 0.1) is 0 Å². The highest BCUT2D eigenvalue weighted by Gasteiger charge is 2.15. The van der Waals surface area contributed by atoms with Crippen molar-refractivity contribution in [3.8, 4) is 5.75 Å². The van der Waals surface area contributed by atoms with E-state index in [4.69, 9.17) is 10.5 Å². The molecule has 3 heteroatoms. The smallest absolute Gasteiger partial charge is 0.121 e. The Labute approximate surface area is 116 Å². The van der Waals surface area contributed by atoms with Gasteiger partial charge in [-0.25, -0.2) is 0 Å². The topological polar surface area (TPSA) is 38.5 Å². The van der Waals surface area contributed by atoms with Crippen LogP contribution in [0.15, 0.2) is 24.3 Å². The molecule has 1 unspecified atom stereocenters. The third kappa shape index (κ3) is 4.75. The molecule has 106 valence electrons. The van der Waals surface area contributed by atoms with Crippen molar-refractivity contribution < 1.29 is 4.74 Å².